The smallest absolute Gasteiger partial charge is 0.252 e. The first kappa shape index (κ1) is 17.7. The molecule has 1 amide bonds. The van der Waals surface area contributed by atoms with Crippen molar-refractivity contribution < 1.29 is 9.53 Å². The van der Waals surface area contributed by atoms with Gasteiger partial charge in [-0.05, 0) is 27.1 Å². The van der Waals surface area contributed by atoms with Gasteiger partial charge in [0.1, 0.15) is 5.82 Å². The van der Waals surface area contributed by atoms with Crippen LogP contribution in [0.3, 0.4) is 0 Å². The summed E-state index contributed by atoms with van der Waals surface area (Å²) in [5, 5.41) is 6.22. The predicted molar refractivity (Wildman–Crippen MR) is 85.1 cm³/mol. The van der Waals surface area contributed by atoms with E-state index in [1.165, 1.54) is 6.20 Å². The van der Waals surface area contributed by atoms with Crippen LogP contribution in [0.4, 0.5) is 5.82 Å². The molecule has 0 saturated heterocycles. The summed E-state index contributed by atoms with van der Waals surface area (Å²) in [5.41, 5.74) is 0.440. The number of likely N-dealkylation sites (N-methyl/N-ethyl adjacent to an activating group) is 1. The lowest BCUT2D eigenvalue weighted by atomic mass is 10.2. The average molecular weight is 315 g/mol. The molecule has 0 saturated carbocycles. The van der Waals surface area contributed by atoms with Crippen molar-refractivity contribution >= 4 is 23.3 Å². The van der Waals surface area contributed by atoms with Crippen LogP contribution in [-0.4, -0.2) is 62.7 Å². The number of carbonyl (C=O) groups excluding carboxylic acids is 1. The summed E-state index contributed by atoms with van der Waals surface area (Å²) in [6.07, 6.45) is 1.51. The summed E-state index contributed by atoms with van der Waals surface area (Å²) in [4.78, 5) is 18.1. The molecule has 0 spiro atoms. The van der Waals surface area contributed by atoms with Gasteiger partial charge in [0, 0.05) is 25.8 Å². The number of amides is 1. The highest BCUT2D eigenvalue weighted by Gasteiger charge is 2.09. The number of aromatic nitrogens is 1. The molecule has 0 aliphatic rings. The van der Waals surface area contributed by atoms with Crippen molar-refractivity contribution in [3.05, 3.63) is 22.8 Å². The highest BCUT2D eigenvalue weighted by Crippen LogP contribution is 2.19. The second-order valence-electron chi connectivity index (χ2n) is 4.76. The number of nitrogens with zero attached hydrogens (tertiary/aromatic N) is 2. The molecule has 0 aliphatic carbocycles. The molecule has 118 valence electrons. The van der Waals surface area contributed by atoms with Crippen LogP contribution in [0.15, 0.2) is 12.3 Å². The van der Waals surface area contributed by atoms with Gasteiger partial charge >= 0.3 is 0 Å². The number of anilines is 1. The Labute approximate surface area is 130 Å². The van der Waals surface area contributed by atoms with E-state index < -0.39 is 0 Å². The van der Waals surface area contributed by atoms with Crippen LogP contribution >= 0.6 is 11.6 Å². The van der Waals surface area contributed by atoms with Crippen molar-refractivity contribution in [3.8, 4) is 0 Å². The molecule has 1 aromatic heterocycles. The lowest BCUT2D eigenvalue weighted by molar-refractivity contribution is 0.0900. The summed E-state index contributed by atoms with van der Waals surface area (Å²) in [5.74, 6) is 0.381. The summed E-state index contributed by atoms with van der Waals surface area (Å²) in [7, 11) is 3.97. The van der Waals surface area contributed by atoms with Gasteiger partial charge in [0.25, 0.3) is 5.91 Å². The molecule has 21 heavy (non-hydrogen) atoms. The molecule has 7 heteroatoms. The molecule has 0 radical (unpaired) electrons. The van der Waals surface area contributed by atoms with Crippen LogP contribution in [0, 0.1) is 0 Å². The van der Waals surface area contributed by atoms with Gasteiger partial charge in [-0.25, -0.2) is 4.98 Å². The van der Waals surface area contributed by atoms with Crippen molar-refractivity contribution in [1.29, 1.82) is 0 Å². The first-order valence-corrected chi connectivity index (χ1v) is 7.32. The third-order valence-corrected chi connectivity index (χ3v) is 2.95. The van der Waals surface area contributed by atoms with Crippen molar-refractivity contribution in [3.63, 3.8) is 0 Å². The minimum absolute atomic E-state index is 0.205. The first-order chi connectivity index (χ1) is 10.0. The zero-order valence-corrected chi connectivity index (χ0v) is 13.5. The number of hydrogen-bond donors (Lipinski definition) is 2. The second kappa shape index (κ2) is 9.55. The molecule has 0 fully saturated rings. The Balaban J connectivity index is 2.33. The van der Waals surface area contributed by atoms with E-state index in [2.05, 4.69) is 15.6 Å². The largest absolute Gasteiger partial charge is 0.378 e. The Morgan fingerprint density at radius 3 is 2.81 bits per heavy atom. The highest BCUT2D eigenvalue weighted by molar-refractivity contribution is 6.33. The molecule has 1 rings (SSSR count). The number of carbonyl (C=O) groups is 1. The zero-order valence-electron chi connectivity index (χ0n) is 12.8. The molecule has 6 nitrogen and oxygen atoms in total. The molecular weight excluding hydrogens is 292 g/mol. The van der Waals surface area contributed by atoms with E-state index >= 15 is 0 Å². The van der Waals surface area contributed by atoms with Gasteiger partial charge in [-0.3, -0.25) is 4.79 Å². The van der Waals surface area contributed by atoms with E-state index in [1.807, 2.05) is 25.9 Å². The number of rotatable bonds is 9. The first-order valence-electron chi connectivity index (χ1n) is 6.94. The van der Waals surface area contributed by atoms with Gasteiger partial charge in [0.05, 0.1) is 23.8 Å². The van der Waals surface area contributed by atoms with Crippen molar-refractivity contribution in [2.45, 2.75) is 6.92 Å². The van der Waals surface area contributed by atoms with Crippen molar-refractivity contribution in [2.75, 3.05) is 52.3 Å². The fraction of sp³-hybridized carbons (Fsp3) is 0.571. The maximum Gasteiger partial charge on any atom is 0.252 e. The van der Waals surface area contributed by atoms with E-state index in [-0.39, 0.29) is 5.91 Å². The van der Waals surface area contributed by atoms with Gasteiger partial charge < -0.3 is 20.3 Å². The number of halogens is 1. The van der Waals surface area contributed by atoms with Crippen molar-refractivity contribution in [2.24, 2.45) is 0 Å². The van der Waals surface area contributed by atoms with Gasteiger partial charge in [-0.15, -0.1) is 0 Å². The van der Waals surface area contributed by atoms with Crippen LogP contribution in [0.5, 0.6) is 0 Å². The lowest BCUT2D eigenvalue weighted by Gasteiger charge is -2.10. The minimum atomic E-state index is -0.205. The van der Waals surface area contributed by atoms with Crippen LogP contribution in [0.25, 0.3) is 0 Å². The van der Waals surface area contributed by atoms with Crippen LogP contribution < -0.4 is 10.6 Å². The standard InChI is InChI=1S/C14H23ClN4O2/c1-4-16-13-12(15)9-11(10-18-13)14(20)17-5-7-21-8-6-19(2)3/h9-10H,4-8H2,1-3H3,(H,16,18)(H,17,20). The van der Waals surface area contributed by atoms with Crippen molar-refractivity contribution in [1.82, 2.24) is 15.2 Å². The third-order valence-electron chi connectivity index (χ3n) is 2.66. The lowest BCUT2D eigenvalue weighted by Crippen LogP contribution is -2.28. The summed E-state index contributed by atoms with van der Waals surface area (Å²) < 4.78 is 5.40. The molecule has 0 aromatic carbocycles. The quantitative estimate of drug-likeness (QED) is 0.676. The van der Waals surface area contributed by atoms with Gasteiger partial charge in [0.15, 0.2) is 0 Å². The molecule has 0 bridgehead atoms. The minimum Gasteiger partial charge on any atom is -0.378 e. The van der Waals surface area contributed by atoms with Gasteiger partial charge in [-0.2, -0.15) is 0 Å². The summed E-state index contributed by atoms with van der Waals surface area (Å²) in [6, 6.07) is 1.61. The third kappa shape index (κ3) is 6.75. The van der Waals surface area contributed by atoms with Crippen LogP contribution in [-0.2, 0) is 4.74 Å². The molecule has 0 unspecified atom stereocenters. The van der Waals surface area contributed by atoms with E-state index in [1.54, 1.807) is 6.07 Å². The molecule has 0 atom stereocenters. The monoisotopic (exact) mass is 314 g/mol. The zero-order chi connectivity index (χ0) is 15.7. The average Bonchev–Trinajstić information content (AvgIpc) is 2.44. The fourth-order valence-electron chi connectivity index (χ4n) is 1.55. The maximum absolute atomic E-state index is 11.9. The number of ether oxygens (including phenoxy) is 1. The topological polar surface area (TPSA) is 66.5 Å². The molecule has 1 aromatic rings. The maximum atomic E-state index is 11.9. The molecule has 1 heterocycles. The number of nitrogens with one attached hydrogen (secondary N) is 2. The Kier molecular flexibility index (Phi) is 8.04. The Morgan fingerprint density at radius 2 is 2.19 bits per heavy atom. The SMILES string of the molecule is CCNc1ncc(C(=O)NCCOCCN(C)C)cc1Cl. The van der Waals surface area contributed by atoms with Gasteiger partial charge in [-0.1, -0.05) is 11.6 Å². The summed E-state index contributed by atoms with van der Waals surface area (Å²) >= 11 is 6.05. The van der Waals surface area contributed by atoms with E-state index in [9.17, 15) is 4.79 Å². The predicted octanol–water partition coefficient (Wildman–Crippen LogP) is 1.47. The van der Waals surface area contributed by atoms with Crippen LogP contribution in [0.1, 0.15) is 17.3 Å². The van der Waals surface area contributed by atoms with E-state index in [4.69, 9.17) is 16.3 Å². The number of pyridine rings is 1. The van der Waals surface area contributed by atoms with Gasteiger partial charge in [0.2, 0.25) is 0 Å². The molecular formula is C14H23ClN4O2. The Hall–Kier alpha value is -1.37. The number of hydrogen-bond acceptors (Lipinski definition) is 5. The molecule has 2 N–H and O–H groups in total. The van der Waals surface area contributed by atoms with Crippen LogP contribution in [0.2, 0.25) is 5.02 Å². The fourth-order valence-corrected chi connectivity index (χ4v) is 1.78. The van der Waals surface area contributed by atoms with E-state index in [0.29, 0.717) is 36.2 Å². The highest BCUT2D eigenvalue weighted by atomic mass is 35.5. The molecule has 0 aliphatic heterocycles. The normalized spacial score (nSPS) is 10.7. The second-order valence-corrected chi connectivity index (χ2v) is 5.16. The summed E-state index contributed by atoms with van der Waals surface area (Å²) in [6.45, 7) is 5.12. The Bertz CT molecular complexity index is 455. The Morgan fingerprint density at radius 1 is 1.43 bits per heavy atom. The van der Waals surface area contributed by atoms with E-state index in [0.717, 1.165) is 13.1 Å².